The maximum Gasteiger partial charge on any atom is 0.315 e. The Balaban J connectivity index is 3.23. The first-order valence-corrected chi connectivity index (χ1v) is 6.42. The number of nitriles is 1. The fourth-order valence-corrected chi connectivity index (χ4v) is 1.60. The monoisotopic (exact) mass is 229 g/mol. The molecule has 0 fully saturated rings. The molecule has 0 aromatic heterocycles. The first-order chi connectivity index (χ1) is 7.16. The second kappa shape index (κ2) is 9.85. The minimum atomic E-state index is -0.141. The quantitative estimate of drug-likeness (QED) is 0.474. The third kappa shape index (κ3) is 11.2. The molecule has 15 heavy (non-hydrogen) atoms. The van der Waals surface area contributed by atoms with Gasteiger partial charge in [0.2, 0.25) is 0 Å². The minimum Gasteiger partial charge on any atom is -0.465 e. The van der Waals surface area contributed by atoms with Crippen molar-refractivity contribution >= 4 is 17.7 Å². The summed E-state index contributed by atoms with van der Waals surface area (Å²) in [7, 11) is 0. The topological polar surface area (TPSA) is 50.1 Å². The Hall–Kier alpha value is -0.690. The van der Waals surface area contributed by atoms with E-state index >= 15 is 0 Å². The van der Waals surface area contributed by atoms with Crippen molar-refractivity contribution in [2.24, 2.45) is 5.92 Å². The highest BCUT2D eigenvalue weighted by molar-refractivity contribution is 7.99. The number of hydrogen-bond acceptors (Lipinski definition) is 4. The molecule has 0 saturated carbocycles. The van der Waals surface area contributed by atoms with Gasteiger partial charge in [0.15, 0.2) is 0 Å². The van der Waals surface area contributed by atoms with Crippen LogP contribution in [0.15, 0.2) is 0 Å². The van der Waals surface area contributed by atoms with E-state index in [0.717, 1.165) is 18.6 Å². The van der Waals surface area contributed by atoms with Crippen LogP contribution in [0.25, 0.3) is 0 Å². The second-order valence-electron chi connectivity index (χ2n) is 3.72. The van der Waals surface area contributed by atoms with Crippen LogP contribution >= 0.6 is 11.8 Å². The van der Waals surface area contributed by atoms with Gasteiger partial charge in [-0.25, -0.2) is 0 Å². The number of unbranched alkanes of at least 4 members (excludes halogenated alkanes) is 1. The van der Waals surface area contributed by atoms with Crippen LogP contribution < -0.4 is 0 Å². The molecule has 0 rings (SSSR count). The Kier molecular flexibility index (Phi) is 9.40. The molecule has 0 spiro atoms. The summed E-state index contributed by atoms with van der Waals surface area (Å²) in [6.07, 6.45) is 2.33. The fourth-order valence-electron chi connectivity index (χ4n) is 0.859. The van der Waals surface area contributed by atoms with Crippen LogP contribution in [0.1, 0.15) is 33.1 Å². The van der Waals surface area contributed by atoms with E-state index in [9.17, 15) is 4.79 Å². The normalized spacial score (nSPS) is 10.0. The second-order valence-corrected chi connectivity index (χ2v) is 4.82. The van der Waals surface area contributed by atoms with Gasteiger partial charge < -0.3 is 4.74 Å². The molecule has 0 radical (unpaired) electrons. The summed E-state index contributed by atoms with van der Waals surface area (Å²) in [5, 5.41) is 8.29. The van der Waals surface area contributed by atoms with Crippen LogP contribution in [0.2, 0.25) is 0 Å². The number of rotatable bonds is 8. The Morgan fingerprint density at radius 2 is 2.27 bits per heavy atom. The summed E-state index contributed by atoms with van der Waals surface area (Å²) >= 11 is 1.53. The van der Waals surface area contributed by atoms with Crippen molar-refractivity contribution in [3.05, 3.63) is 0 Å². The standard InChI is InChI=1S/C11H19NO2S/c1-10(2)5-7-14-11(13)9-15-8-4-3-6-12/h10H,3-5,7-9H2,1-2H3. The van der Waals surface area contributed by atoms with Gasteiger partial charge in [-0.05, 0) is 24.5 Å². The Morgan fingerprint density at radius 1 is 1.53 bits per heavy atom. The van der Waals surface area contributed by atoms with Crippen molar-refractivity contribution in [3.8, 4) is 6.07 Å². The maximum absolute atomic E-state index is 11.1. The van der Waals surface area contributed by atoms with Gasteiger partial charge in [-0.15, -0.1) is 0 Å². The Labute approximate surface area is 96.2 Å². The van der Waals surface area contributed by atoms with E-state index in [0.29, 0.717) is 24.7 Å². The molecule has 4 heteroatoms. The summed E-state index contributed by atoms with van der Waals surface area (Å²) in [4.78, 5) is 11.1. The molecule has 0 aliphatic carbocycles. The van der Waals surface area contributed by atoms with Gasteiger partial charge in [0, 0.05) is 6.42 Å². The lowest BCUT2D eigenvalue weighted by Gasteiger charge is -2.06. The van der Waals surface area contributed by atoms with E-state index in [4.69, 9.17) is 10.00 Å². The van der Waals surface area contributed by atoms with Crippen LogP contribution in [-0.4, -0.2) is 24.1 Å². The first-order valence-electron chi connectivity index (χ1n) is 5.27. The summed E-state index contributed by atoms with van der Waals surface area (Å²) in [6.45, 7) is 4.73. The average molecular weight is 229 g/mol. The predicted molar refractivity (Wildman–Crippen MR) is 62.6 cm³/mol. The molecule has 0 N–H and O–H groups in total. The highest BCUT2D eigenvalue weighted by Crippen LogP contribution is 2.05. The van der Waals surface area contributed by atoms with Crippen molar-refractivity contribution in [3.63, 3.8) is 0 Å². The van der Waals surface area contributed by atoms with Gasteiger partial charge in [-0.1, -0.05) is 13.8 Å². The molecule has 0 heterocycles. The molecule has 0 aliphatic rings. The third-order valence-electron chi connectivity index (χ3n) is 1.76. The van der Waals surface area contributed by atoms with E-state index in [1.54, 1.807) is 0 Å². The minimum absolute atomic E-state index is 0.141. The third-order valence-corrected chi connectivity index (χ3v) is 2.77. The summed E-state index contributed by atoms with van der Waals surface area (Å²) in [6, 6.07) is 2.07. The molecule has 86 valence electrons. The SMILES string of the molecule is CC(C)CCOC(=O)CSCCCC#N. The van der Waals surface area contributed by atoms with Crippen LogP contribution in [0, 0.1) is 17.2 Å². The zero-order valence-corrected chi connectivity index (χ0v) is 10.3. The highest BCUT2D eigenvalue weighted by atomic mass is 32.2. The predicted octanol–water partition coefficient (Wildman–Crippen LogP) is 2.61. The molecule has 0 saturated heterocycles. The molecule has 0 aliphatic heterocycles. The zero-order chi connectivity index (χ0) is 11.5. The van der Waals surface area contributed by atoms with Gasteiger partial charge in [0.05, 0.1) is 18.4 Å². The number of ether oxygens (including phenoxy) is 1. The molecular weight excluding hydrogens is 210 g/mol. The smallest absolute Gasteiger partial charge is 0.315 e. The largest absolute Gasteiger partial charge is 0.465 e. The Morgan fingerprint density at radius 3 is 2.87 bits per heavy atom. The van der Waals surface area contributed by atoms with Gasteiger partial charge in [0.25, 0.3) is 0 Å². The molecule has 0 atom stereocenters. The first kappa shape index (κ1) is 14.3. The molecule has 0 amide bonds. The Bertz CT molecular complexity index is 211. The van der Waals surface area contributed by atoms with E-state index in [2.05, 4.69) is 19.9 Å². The number of hydrogen-bond donors (Lipinski definition) is 0. The fraction of sp³-hybridized carbons (Fsp3) is 0.818. The molecule has 0 bridgehead atoms. The van der Waals surface area contributed by atoms with Crippen molar-refractivity contribution in [2.45, 2.75) is 33.1 Å². The van der Waals surface area contributed by atoms with E-state index in [1.807, 2.05) is 0 Å². The molecule has 0 aromatic carbocycles. The van der Waals surface area contributed by atoms with Crippen molar-refractivity contribution in [2.75, 3.05) is 18.1 Å². The van der Waals surface area contributed by atoms with Gasteiger partial charge >= 0.3 is 5.97 Å². The van der Waals surface area contributed by atoms with Crippen molar-refractivity contribution in [1.29, 1.82) is 5.26 Å². The zero-order valence-electron chi connectivity index (χ0n) is 9.49. The van der Waals surface area contributed by atoms with E-state index < -0.39 is 0 Å². The number of nitrogens with zero attached hydrogens (tertiary/aromatic N) is 1. The molecule has 3 nitrogen and oxygen atoms in total. The van der Waals surface area contributed by atoms with Gasteiger partial charge in [0.1, 0.15) is 0 Å². The molecular formula is C11H19NO2S. The molecule has 0 unspecified atom stereocenters. The lowest BCUT2D eigenvalue weighted by molar-refractivity contribution is -0.140. The van der Waals surface area contributed by atoms with Gasteiger partial charge in [-0.3, -0.25) is 4.79 Å². The van der Waals surface area contributed by atoms with Crippen LogP contribution in [0.4, 0.5) is 0 Å². The number of esters is 1. The number of carbonyl (C=O) groups excluding carboxylic acids is 1. The average Bonchev–Trinajstić information content (AvgIpc) is 2.17. The number of thioether (sulfide) groups is 1. The van der Waals surface area contributed by atoms with Crippen molar-refractivity contribution in [1.82, 2.24) is 0 Å². The molecule has 0 aromatic rings. The maximum atomic E-state index is 11.1. The summed E-state index contributed by atoms with van der Waals surface area (Å²) in [5.41, 5.74) is 0. The van der Waals surface area contributed by atoms with Crippen LogP contribution in [0.5, 0.6) is 0 Å². The lowest BCUT2D eigenvalue weighted by Crippen LogP contribution is -2.10. The van der Waals surface area contributed by atoms with Gasteiger partial charge in [-0.2, -0.15) is 17.0 Å². The summed E-state index contributed by atoms with van der Waals surface area (Å²) < 4.78 is 5.03. The highest BCUT2D eigenvalue weighted by Gasteiger charge is 2.03. The van der Waals surface area contributed by atoms with E-state index in [-0.39, 0.29) is 5.97 Å². The van der Waals surface area contributed by atoms with Crippen LogP contribution in [-0.2, 0) is 9.53 Å². The van der Waals surface area contributed by atoms with E-state index in [1.165, 1.54) is 11.8 Å². The summed E-state index contributed by atoms with van der Waals surface area (Å²) in [5.74, 6) is 1.69. The van der Waals surface area contributed by atoms with Crippen molar-refractivity contribution < 1.29 is 9.53 Å². The lowest BCUT2D eigenvalue weighted by atomic mass is 10.1. The van der Waals surface area contributed by atoms with Crippen LogP contribution in [0.3, 0.4) is 0 Å². The number of carbonyl (C=O) groups is 1.